The minimum absolute atomic E-state index is 0.200. The Labute approximate surface area is 83.8 Å². The van der Waals surface area contributed by atoms with E-state index in [0.29, 0.717) is 12.8 Å². The number of sulfonamides is 1. The molecule has 0 aromatic rings. The third-order valence-electron chi connectivity index (χ3n) is 2.40. The molecule has 0 aromatic heterocycles. The van der Waals surface area contributed by atoms with Gasteiger partial charge in [-0.2, -0.15) is 5.26 Å². The quantitative estimate of drug-likeness (QED) is 0.664. The molecular formula is C8H14N2O3S. The van der Waals surface area contributed by atoms with Gasteiger partial charge >= 0.3 is 0 Å². The molecule has 14 heavy (non-hydrogen) atoms. The summed E-state index contributed by atoms with van der Waals surface area (Å²) in [6, 6.07) is 1.73. The van der Waals surface area contributed by atoms with Gasteiger partial charge in [0.25, 0.3) is 0 Å². The Morgan fingerprint density at radius 2 is 2.21 bits per heavy atom. The van der Waals surface area contributed by atoms with Crippen LogP contribution in [0.3, 0.4) is 0 Å². The fourth-order valence-electron chi connectivity index (χ4n) is 1.20. The maximum Gasteiger partial charge on any atom is 0.228 e. The largest absolute Gasteiger partial charge is 0.394 e. The van der Waals surface area contributed by atoms with Gasteiger partial charge < -0.3 is 5.11 Å². The SMILES string of the molecule is CCC(C#N)S(=O)(=O)NC1(CO)CC1. The standard InChI is InChI=1S/C8H14N2O3S/c1-2-7(5-9)14(12,13)10-8(6-11)3-4-8/h7,10-11H,2-4,6H2,1H3. The minimum atomic E-state index is -3.60. The summed E-state index contributed by atoms with van der Waals surface area (Å²) in [6.07, 6.45) is 1.54. The highest BCUT2D eigenvalue weighted by Crippen LogP contribution is 2.35. The number of aliphatic hydroxyl groups excluding tert-OH is 1. The Bertz CT molecular complexity index is 340. The van der Waals surface area contributed by atoms with Crippen LogP contribution in [0.25, 0.3) is 0 Å². The van der Waals surface area contributed by atoms with Crippen molar-refractivity contribution in [2.45, 2.75) is 37.0 Å². The van der Waals surface area contributed by atoms with Gasteiger partial charge in [-0.05, 0) is 19.3 Å². The Morgan fingerprint density at radius 3 is 2.50 bits per heavy atom. The number of hydrogen-bond acceptors (Lipinski definition) is 4. The summed E-state index contributed by atoms with van der Waals surface area (Å²) in [5.41, 5.74) is -0.677. The second kappa shape index (κ2) is 3.85. The molecule has 0 saturated heterocycles. The molecule has 1 unspecified atom stereocenters. The first-order valence-electron chi connectivity index (χ1n) is 4.53. The summed E-state index contributed by atoms with van der Waals surface area (Å²) in [7, 11) is -3.60. The second-order valence-corrected chi connectivity index (χ2v) is 5.47. The Hall–Kier alpha value is -0.640. The monoisotopic (exact) mass is 218 g/mol. The molecule has 0 aromatic carbocycles. The number of nitrogens with one attached hydrogen (secondary N) is 1. The van der Waals surface area contributed by atoms with Crippen LogP contribution in [0.2, 0.25) is 0 Å². The molecule has 0 aliphatic heterocycles. The van der Waals surface area contributed by atoms with Crippen molar-refractivity contribution in [1.29, 1.82) is 5.26 Å². The van der Waals surface area contributed by atoms with Gasteiger partial charge in [0.2, 0.25) is 10.0 Å². The fraction of sp³-hybridized carbons (Fsp3) is 0.875. The average Bonchev–Trinajstić information content (AvgIpc) is 2.86. The number of nitrogens with zero attached hydrogens (tertiary/aromatic N) is 1. The predicted molar refractivity (Wildman–Crippen MR) is 50.8 cm³/mol. The first kappa shape index (κ1) is 11.4. The summed E-state index contributed by atoms with van der Waals surface area (Å²) in [5, 5.41) is 16.5. The van der Waals surface area contributed by atoms with Crippen LogP contribution in [0.4, 0.5) is 0 Å². The van der Waals surface area contributed by atoms with Crippen LogP contribution >= 0.6 is 0 Å². The first-order chi connectivity index (χ1) is 6.49. The molecular weight excluding hydrogens is 204 g/mol. The molecule has 2 N–H and O–H groups in total. The van der Waals surface area contributed by atoms with E-state index >= 15 is 0 Å². The molecule has 6 heteroatoms. The van der Waals surface area contributed by atoms with Crippen molar-refractivity contribution in [2.24, 2.45) is 0 Å². The lowest BCUT2D eigenvalue weighted by Gasteiger charge is -2.16. The topological polar surface area (TPSA) is 90.2 Å². The zero-order valence-corrected chi connectivity index (χ0v) is 8.84. The molecule has 1 atom stereocenters. The van der Waals surface area contributed by atoms with Gasteiger partial charge in [-0.3, -0.25) is 0 Å². The van der Waals surface area contributed by atoms with Gasteiger partial charge in [0.1, 0.15) is 0 Å². The van der Waals surface area contributed by atoms with Crippen molar-refractivity contribution in [3.8, 4) is 6.07 Å². The normalized spacial score (nSPS) is 21.2. The van der Waals surface area contributed by atoms with Gasteiger partial charge in [0, 0.05) is 0 Å². The molecule has 1 rings (SSSR count). The summed E-state index contributed by atoms with van der Waals surface area (Å²) in [6.45, 7) is 1.44. The smallest absolute Gasteiger partial charge is 0.228 e. The number of aliphatic hydroxyl groups is 1. The van der Waals surface area contributed by atoms with Crippen molar-refractivity contribution >= 4 is 10.0 Å². The van der Waals surface area contributed by atoms with Gasteiger partial charge in [-0.1, -0.05) is 6.92 Å². The molecule has 0 amide bonds. The highest BCUT2D eigenvalue weighted by Gasteiger charge is 2.46. The van der Waals surface area contributed by atoms with Crippen LogP contribution in [0.15, 0.2) is 0 Å². The predicted octanol–water partition coefficient (Wildman–Crippen LogP) is -0.267. The van der Waals surface area contributed by atoms with Crippen LogP contribution in [-0.2, 0) is 10.0 Å². The van der Waals surface area contributed by atoms with Gasteiger partial charge in [-0.25, -0.2) is 13.1 Å². The number of hydrogen-bond donors (Lipinski definition) is 2. The zero-order valence-electron chi connectivity index (χ0n) is 8.02. The molecule has 80 valence electrons. The first-order valence-corrected chi connectivity index (χ1v) is 6.07. The van der Waals surface area contributed by atoms with E-state index < -0.39 is 20.8 Å². The maximum absolute atomic E-state index is 11.6. The summed E-state index contributed by atoms with van der Waals surface area (Å²) in [5.74, 6) is 0. The Morgan fingerprint density at radius 1 is 1.64 bits per heavy atom. The van der Waals surface area contributed by atoms with E-state index in [0.717, 1.165) is 0 Å². The lowest BCUT2D eigenvalue weighted by Crippen LogP contribution is -2.44. The van der Waals surface area contributed by atoms with Crippen LogP contribution < -0.4 is 4.72 Å². The molecule has 0 spiro atoms. The molecule has 1 fully saturated rings. The summed E-state index contributed by atoms with van der Waals surface area (Å²) >= 11 is 0. The van der Waals surface area contributed by atoms with E-state index in [2.05, 4.69) is 4.72 Å². The molecule has 5 nitrogen and oxygen atoms in total. The van der Waals surface area contributed by atoms with E-state index in [1.54, 1.807) is 13.0 Å². The van der Waals surface area contributed by atoms with Crippen molar-refractivity contribution in [2.75, 3.05) is 6.61 Å². The van der Waals surface area contributed by atoms with E-state index in [1.165, 1.54) is 0 Å². The van der Waals surface area contributed by atoms with E-state index in [-0.39, 0.29) is 13.0 Å². The second-order valence-electron chi connectivity index (χ2n) is 3.61. The average molecular weight is 218 g/mol. The Balaban J connectivity index is 2.72. The van der Waals surface area contributed by atoms with Gasteiger partial charge in [-0.15, -0.1) is 0 Å². The highest BCUT2D eigenvalue weighted by atomic mass is 32.2. The molecule has 1 aliphatic rings. The molecule has 0 heterocycles. The zero-order chi connectivity index (χ0) is 10.8. The number of nitriles is 1. The molecule has 1 saturated carbocycles. The van der Waals surface area contributed by atoms with Crippen molar-refractivity contribution < 1.29 is 13.5 Å². The lowest BCUT2D eigenvalue weighted by atomic mass is 10.3. The third kappa shape index (κ3) is 2.23. The lowest BCUT2D eigenvalue weighted by molar-refractivity contribution is 0.246. The minimum Gasteiger partial charge on any atom is -0.394 e. The van der Waals surface area contributed by atoms with Gasteiger partial charge in [0.05, 0.1) is 18.2 Å². The Kier molecular flexibility index (Phi) is 3.14. The third-order valence-corrected chi connectivity index (χ3v) is 4.31. The summed E-state index contributed by atoms with van der Waals surface area (Å²) in [4.78, 5) is 0. The van der Waals surface area contributed by atoms with Crippen LogP contribution in [-0.4, -0.2) is 30.9 Å². The highest BCUT2D eigenvalue weighted by molar-refractivity contribution is 7.90. The summed E-state index contributed by atoms with van der Waals surface area (Å²) < 4.78 is 25.5. The van der Waals surface area contributed by atoms with Crippen molar-refractivity contribution in [3.05, 3.63) is 0 Å². The maximum atomic E-state index is 11.6. The van der Waals surface area contributed by atoms with Crippen LogP contribution in [0, 0.1) is 11.3 Å². The van der Waals surface area contributed by atoms with Crippen LogP contribution in [0.5, 0.6) is 0 Å². The molecule has 0 radical (unpaired) electrons. The van der Waals surface area contributed by atoms with Crippen molar-refractivity contribution in [3.63, 3.8) is 0 Å². The molecule has 0 bridgehead atoms. The fourth-order valence-corrected chi connectivity index (χ4v) is 2.79. The number of rotatable bonds is 5. The van der Waals surface area contributed by atoms with E-state index in [9.17, 15) is 8.42 Å². The van der Waals surface area contributed by atoms with E-state index in [1.807, 2.05) is 0 Å². The van der Waals surface area contributed by atoms with E-state index in [4.69, 9.17) is 10.4 Å². The van der Waals surface area contributed by atoms with Gasteiger partial charge in [0.15, 0.2) is 5.25 Å². The van der Waals surface area contributed by atoms with Crippen LogP contribution in [0.1, 0.15) is 26.2 Å². The van der Waals surface area contributed by atoms with Crippen molar-refractivity contribution in [1.82, 2.24) is 4.72 Å². The molecule has 1 aliphatic carbocycles.